The molecule has 0 atom stereocenters. The van der Waals surface area contributed by atoms with Gasteiger partial charge in [0, 0.05) is 44.0 Å². The standard InChI is InChI=1S/C54H32N4O2/c1-3-14-36(15-4-1)51-56-52(37-27-25-34(26-28-37)40-22-11-18-33-13-7-8-20-39(33)40)58-53(57-51)44-31-30-42(49-48(44)43-21-9-10-24-46(43)59-49)41-23-12-19-35-29-32-45-50(47(35)41)60-54(55-45)38-16-5-2-6-17-38/h1-32H. The number of oxazole rings is 1. The molecule has 6 nitrogen and oxygen atoms in total. The van der Waals surface area contributed by atoms with Crippen LogP contribution in [-0.4, -0.2) is 19.9 Å². The minimum absolute atomic E-state index is 0.558. The molecule has 0 unspecified atom stereocenters. The third kappa shape index (κ3) is 5.57. The normalized spacial score (nSPS) is 11.7. The van der Waals surface area contributed by atoms with E-state index < -0.39 is 0 Å². The van der Waals surface area contributed by atoms with Crippen molar-refractivity contribution in [3.63, 3.8) is 0 Å². The zero-order chi connectivity index (χ0) is 39.6. The lowest BCUT2D eigenvalue weighted by Gasteiger charge is -2.12. The lowest BCUT2D eigenvalue weighted by Crippen LogP contribution is -2.00. The summed E-state index contributed by atoms with van der Waals surface area (Å²) in [6.45, 7) is 0. The molecule has 0 saturated heterocycles. The van der Waals surface area contributed by atoms with Crippen LogP contribution < -0.4 is 0 Å². The summed E-state index contributed by atoms with van der Waals surface area (Å²) in [4.78, 5) is 20.4. The molecule has 0 aliphatic rings. The Bertz CT molecular complexity index is 3590. The average molecular weight is 769 g/mol. The predicted molar refractivity (Wildman–Crippen MR) is 242 cm³/mol. The summed E-state index contributed by atoms with van der Waals surface area (Å²) in [5, 5.41) is 6.35. The van der Waals surface area contributed by atoms with E-state index in [1.54, 1.807) is 0 Å². The van der Waals surface area contributed by atoms with Crippen molar-refractivity contribution in [2.24, 2.45) is 0 Å². The number of hydrogen-bond donors (Lipinski definition) is 0. The summed E-state index contributed by atoms with van der Waals surface area (Å²) >= 11 is 0. The van der Waals surface area contributed by atoms with Crippen molar-refractivity contribution >= 4 is 54.6 Å². The largest absolute Gasteiger partial charge is 0.455 e. The lowest BCUT2D eigenvalue weighted by molar-refractivity contribution is 0.623. The van der Waals surface area contributed by atoms with E-state index >= 15 is 0 Å². The van der Waals surface area contributed by atoms with Gasteiger partial charge < -0.3 is 8.83 Å². The molecule has 12 rings (SSSR count). The van der Waals surface area contributed by atoms with E-state index in [1.807, 2.05) is 84.9 Å². The fourth-order valence-electron chi connectivity index (χ4n) is 8.53. The van der Waals surface area contributed by atoms with E-state index in [9.17, 15) is 0 Å². The van der Waals surface area contributed by atoms with Crippen LogP contribution >= 0.6 is 0 Å². The van der Waals surface area contributed by atoms with Crippen LogP contribution in [0.2, 0.25) is 0 Å². The molecule has 3 heterocycles. The van der Waals surface area contributed by atoms with Crippen LogP contribution in [0.25, 0.3) is 122 Å². The van der Waals surface area contributed by atoms with Crippen LogP contribution in [0.1, 0.15) is 0 Å². The summed E-state index contributed by atoms with van der Waals surface area (Å²) in [7, 11) is 0. The number of nitrogens with zero attached hydrogens (tertiary/aromatic N) is 4. The molecule has 9 aromatic carbocycles. The highest BCUT2D eigenvalue weighted by molar-refractivity contribution is 6.19. The van der Waals surface area contributed by atoms with Crippen molar-refractivity contribution in [2.45, 2.75) is 0 Å². The topological polar surface area (TPSA) is 77.8 Å². The van der Waals surface area contributed by atoms with Gasteiger partial charge in [0.25, 0.3) is 0 Å². The molecule has 0 saturated carbocycles. The van der Waals surface area contributed by atoms with Gasteiger partial charge in [0.2, 0.25) is 5.89 Å². The van der Waals surface area contributed by atoms with Gasteiger partial charge >= 0.3 is 0 Å². The first-order chi connectivity index (χ1) is 29.7. The van der Waals surface area contributed by atoms with E-state index in [0.717, 1.165) is 82.8 Å². The fraction of sp³-hybridized carbons (Fsp3) is 0. The molecule has 3 aromatic heterocycles. The number of hydrogen-bond acceptors (Lipinski definition) is 6. The Labute approximate surface area is 344 Å². The molecule has 6 heteroatoms. The van der Waals surface area contributed by atoms with Gasteiger partial charge in [-0.3, -0.25) is 0 Å². The SMILES string of the molecule is c1ccc(-c2nc(-c3ccc(-c4cccc5ccccc45)cc3)nc(-c3ccc(-c4cccc5ccc6nc(-c7ccccc7)oc6c45)c4oc5ccccc5c34)n2)cc1. The molecule has 0 radical (unpaired) electrons. The van der Waals surface area contributed by atoms with Gasteiger partial charge in [0.1, 0.15) is 16.7 Å². The number of aromatic nitrogens is 4. The highest BCUT2D eigenvalue weighted by atomic mass is 16.3. The zero-order valence-electron chi connectivity index (χ0n) is 32.1. The number of furan rings is 1. The smallest absolute Gasteiger partial charge is 0.227 e. The summed E-state index contributed by atoms with van der Waals surface area (Å²) in [6, 6.07) is 66.4. The second kappa shape index (κ2) is 13.7. The maximum Gasteiger partial charge on any atom is 0.227 e. The first-order valence-electron chi connectivity index (χ1n) is 20.0. The minimum Gasteiger partial charge on any atom is -0.455 e. The predicted octanol–water partition coefficient (Wildman–Crippen LogP) is 14.2. The van der Waals surface area contributed by atoms with Gasteiger partial charge in [-0.1, -0.05) is 158 Å². The molecule has 0 N–H and O–H groups in total. The quantitative estimate of drug-likeness (QED) is 0.168. The van der Waals surface area contributed by atoms with E-state index in [0.29, 0.717) is 23.4 Å². The molecule has 12 aromatic rings. The van der Waals surface area contributed by atoms with Gasteiger partial charge in [-0.25, -0.2) is 19.9 Å². The highest BCUT2D eigenvalue weighted by Gasteiger charge is 2.23. The number of para-hydroxylation sites is 1. The third-order valence-corrected chi connectivity index (χ3v) is 11.4. The molecule has 0 bridgehead atoms. The van der Waals surface area contributed by atoms with Crippen molar-refractivity contribution < 1.29 is 8.83 Å². The van der Waals surface area contributed by atoms with Gasteiger partial charge in [-0.05, 0) is 69.2 Å². The molecule has 280 valence electrons. The summed E-state index contributed by atoms with van der Waals surface area (Å²) < 4.78 is 13.4. The summed E-state index contributed by atoms with van der Waals surface area (Å²) in [5.41, 5.74) is 10.8. The summed E-state index contributed by atoms with van der Waals surface area (Å²) in [5.74, 6) is 2.32. The maximum absolute atomic E-state index is 6.83. The first-order valence-corrected chi connectivity index (χ1v) is 20.0. The van der Waals surface area contributed by atoms with E-state index in [-0.39, 0.29) is 0 Å². The Morgan fingerprint density at radius 2 is 0.900 bits per heavy atom. The molecule has 0 fully saturated rings. The molecule has 0 aliphatic heterocycles. The number of benzene rings is 9. The molecule has 0 amide bonds. The van der Waals surface area contributed by atoms with Crippen LogP contribution in [0.15, 0.2) is 203 Å². The first kappa shape index (κ1) is 33.9. The third-order valence-electron chi connectivity index (χ3n) is 11.4. The van der Waals surface area contributed by atoms with Crippen LogP contribution in [0.5, 0.6) is 0 Å². The van der Waals surface area contributed by atoms with E-state index in [2.05, 4.69) is 109 Å². The van der Waals surface area contributed by atoms with Crippen LogP contribution in [0.3, 0.4) is 0 Å². The minimum atomic E-state index is 0.558. The van der Waals surface area contributed by atoms with Gasteiger partial charge in [-0.15, -0.1) is 0 Å². The maximum atomic E-state index is 6.83. The highest BCUT2D eigenvalue weighted by Crippen LogP contribution is 2.45. The molecular weight excluding hydrogens is 737 g/mol. The zero-order valence-corrected chi connectivity index (χ0v) is 32.1. The molecule has 0 spiro atoms. The second-order valence-corrected chi connectivity index (χ2v) is 14.9. The van der Waals surface area contributed by atoms with Crippen molar-refractivity contribution in [3.8, 4) is 67.9 Å². The average Bonchev–Trinajstić information content (AvgIpc) is 3.95. The van der Waals surface area contributed by atoms with Gasteiger partial charge in [-0.2, -0.15) is 0 Å². The van der Waals surface area contributed by atoms with Crippen molar-refractivity contribution in [1.29, 1.82) is 0 Å². The Balaban J connectivity index is 1.05. The fourth-order valence-corrected chi connectivity index (χ4v) is 8.53. The monoisotopic (exact) mass is 768 g/mol. The number of rotatable bonds is 6. The van der Waals surface area contributed by atoms with Crippen LogP contribution in [-0.2, 0) is 0 Å². The Kier molecular flexibility index (Phi) is 7.74. The van der Waals surface area contributed by atoms with Crippen molar-refractivity contribution in [3.05, 3.63) is 194 Å². The molecule has 60 heavy (non-hydrogen) atoms. The summed E-state index contributed by atoms with van der Waals surface area (Å²) in [6.07, 6.45) is 0. The molecule has 0 aliphatic carbocycles. The number of fused-ring (bicyclic) bond motifs is 7. The van der Waals surface area contributed by atoms with Crippen LogP contribution in [0.4, 0.5) is 0 Å². The Hall–Kier alpha value is -8.22. The van der Waals surface area contributed by atoms with Crippen molar-refractivity contribution in [2.75, 3.05) is 0 Å². The van der Waals surface area contributed by atoms with E-state index in [4.69, 9.17) is 28.8 Å². The van der Waals surface area contributed by atoms with Crippen molar-refractivity contribution in [1.82, 2.24) is 19.9 Å². The van der Waals surface area contributed by atoms with Gasteiger partial charge in [0.05, 0.1) is 0 Å². The Morgan fingerprint density at radius 1 is 0.300 bits per heavy atom. The Morgan fingerprint density at radius 3 is 1.70 bits per heavy atom. The van der Waals surface area contributed by atoms with E-state index in [1.165, 1.54) is 16.3 Å². The lowest BCUT2D eigenvalue weighted by atomic mass is 9.94. The second-order valence-electron chi connectivity index (χ2n) is 14.9. The van der Waals surface area contributed by atoms with Crippen LogP contribution in [0, 0.1) is 0 Å². The van der Waals surface area contributed by atoms with Gasteiger partial charge in [0.15, 0.2) is 23.1 Å². The molecular formula is C54H32N4O2.